The SMILES string of the molecule is CCCCCCCC/C=C\CCCCCC(O)C(O)COCCCOC(=O)[C@@H]1CCC(=O)N1. The zero-order valence-electron chi connectivity index (χ0n) is 20.6. The average molecular weight is 470 g/mol. The normalized spacial score (nSPS) is 17.9. The molecule has 192 valence electrons. The predicted octanol–water partition coefficient (Wildman–Crippen LogP) is 4.19. The van der Waals surface area contributed by atoms with E-state index >= 15 is 0 Å². The van der Waals surface area contributed by atoms with Crippen LogP contribution in [0, 0.1) is 0 Å². The van der Waals surface area contributed by atoms with Crippen LogP contribution in [-0.4, -0.2) is 60.2 Å². The second kappa shape index (κ2) is 20.0. The highest BCUT2D eigenvalue weighted by Gasteiger charge is 2.28. The number of carbonyl (C=O) groups excluding carboxylic acids is 2. The monoisotopic (exact) mass is 469 g/mol. The molecule has 0 spiro atoms. The van der Waals surface area contributed by atoms with E-state index in [-0.39, 0.29) is 19.1 Å². The molecule has 0 bridgehead atoms. The first kappa shape index (κ1) is 29.6. The molecule has 7 nitrogen and oxygen atoms in total. The van der Waals surface area contributed by atoms with Crippen molar-refractivity contribution in [2.45, 2.75) is 121 Å². The smallest absolute Gasteiger partial charge is 0.328 e. The van der Waals surface area contributed by atoms with Crippen molar-refractivity contribution in [3.05, 3.63) is 12.2 Å². The predicted molar refractivity (Wildman–Crippen MR) is 130 cm³/mol. The van der Waals surface area contributed by atoms with Gasteiger partial charge >= 0.3 is 5.97 Å². The van der Waals surface area contributed by atoms with Crippen LogP contribution in [0.25, 0.3) is 0 Å². The van der Waals surface area contributed by atoms with Crippen molar-refractivity contribution in [3.8, 4) is 0 Å². The highest BCUT2D eigenvalue weighted by Crippen LogP contribution is 2.11. The van der Waals surface area contributed by atoms with Crippen LogP contribution in [0.4, 0.5) is 0 Å². The summed E-state index contributed by atoms with van der Waals surface area (Å²) in [5, 5.41) is 22.6. The molecule has 0 aliphatic carbocycles. The summed E-state index contributed by atoms with van der Waals surface area (Å²) in [4.78, 5) is 22.8. The molecule has 1 heterocycles. The van der Waals surface area contributed by atoms with E-state index in [0.717, 1.165) is 25.7 Å². The Morgan fingerprint density at radius 2 is 1.64 bits per heavy atom. The number of aliphatic hydroxyl groups is 2. The van der Waals surface area contributed by atoms with Gasteiger partial charge in [-0.05, 0) is 38.5 Å². The number of hydrogen-bond acceptors (Lipinski definition) is 6. The minimum atomic E-state index is -0.904. The first-order valence-corrected chi connectivity index (χ1v) is 13.1. The summed E-state index contributed by atoms with van der Waals surface area (Å²) in [7, 11) is 0. The van der Waals surface area contributed by atoms with Gasteiger partial charge in [0.1, 0.15) is 12.1 Å². The third-order valence-electron chi connectivity index (χ3n) is 5.95. The van der Waals surface area contributed by atoms with E-state index in [2.05, 4.69) is 24.4 Å². The van der Waals surface area contributed by atoms with Gasteiger partial charge in [-0.3, -0.25) is 4.79 Å². The van der Waals surface area contributed by atoms with Crippen molar-refractivity contribution < 1.29 is 29.3 Å². The first-order chi connectivity index (χ1) is 16.0. The van der Waals surface area contributed by atoms with Gasteiger partial charge in [-0.2, -0.15) is 0 Å². The Bertz CT molecular complexity index is 539. The van der Waals surface area contributed by atoms with Crippen molar-refractivity contribution in [3.63, 3.8) is 0 Å². The van der Waals surface area contributed by atoms with E-state index in [1.54, 1.807) is 0 Å². The van der Waals surface area contributed by atoms with E-state index in [1.807, 2.05) is 0 Å². The second-order valence-electron chi connectivity index (χ2n) is 9.06. The molecule has 3 N–H and O–H groups in total. The fourth-order valence-corrected chi connectivity index (χ4v) is 3.80. The molecular weight excluding hydrogens is 422 g/mol. The number of unbranched alkanes of at least 4 members (excludes halogenated alkanes) is 9. The summed E-state index contributed by atoms with van der Waals surface area (Å²) in [6.07, 6.45) is 18.1. The van der Waals surface area contributed by atoms with Crippen LogP contribution in [0.1, 0.15) is 103 Å². The highest BCUT2D eigenvalue weighted by molar-refractivity contribution is 5.87. The van der Waals surface area contributed by atoms with Crippen molar-refractivity contribution in [1.29, 1.82) is 0 Å². The summed E-state index contributed by atoms with van der Waals surface area (Å²) in [6, 6.07) is -0.531. The summed E-state index contributed by atoms with van der Waals surface area (Å²) < 4.78 is 10.5. The van der Waals surface area contributed by atoms with Gasteiger partial charge in [0.15, 0.2) is 0 Å². The lowest BCUT2D eigenvalue weighted by Gasteiger charge is -2.18. The van der Waals surface area contributed by atoms with Crippen LogP contribution in [0.5, 0.6) is 0 Å². The number of ether oxygens (including phenoxy) is 2. The van der Waals surface area contributed by atoms with E-state index in [0.29, 0.717) is 32.3 Å². The maximum Gasteiger partial charge on any atom is 0.328 e. The Morgan fingerprint density at radius 3 is 2.30 bits per heavy atom. The molecule has 1 aliphatic rings. The lowest BCUT2D eigenvalue weighted by molar-refractivity contribution is -0.147. The van der Waals surface area contributed by atoms with Crippen LogP contribution in [0.15, 0.2) is 12.2 Å². The standard InChI is InChI=1S/C26H47NO6/c1-2-3-4-5-6-7-8-9-10-11-12-13-14-16-23(28)24(29)21-32-19-15-20-33-26(31)22-17-18-25(30)27-22/h9-10,22-24,28-29H,2-8,11-21H2,1H3,(H,27,30)/b10-9-/t22-,23?,24?/m0/s1. The lowest BCUT2D eigenvalue weighted by Crippen LogP contribution is -2.34. The molecule has 1 fully saturated rings. The average Bonchev–Trinajstić information content (AvgIpc) is 3.25. The Kier molecular flexibility index (Phi) is 17.9. The Labute approximate surface area is 200 Å². The van der Waals surface area contributed by atoms with Crippen molar-refractivity contribution in [2.75, 3.05) is 19.8 Å². The van der Waals surface area contributed by atoms with Gasteiger partial charge in [0.2, 0.25) is 5.91 Å². The molecule has 2 unspecified atom stereocenters. The number of allylic oxidation sites excluding steroid dienone is 2. The minimum absolute atomic E-state index is 0.0645. The van der Waals surface area contributed by atoms with Crippen molar-refractivity contribution >= 4 is 11.9 Å². The van der Waals surface area contributed by atoms with Gasteiger partial charge in [-0.25, -0.2) is 4.79 Å². The molecule has 3 atom stereocenters. The van der Waals surface area contributed by atoms with Crippen molar-refractivity contribution in [1.82, 2.24) is 5.32 Å². The Hall–Kier alpha value is -1.44. The maximum atomic E-state index is 11.7. The number of nitrogens with one attached hydrogen (secondary N) is 1. The van der Waals surface area contributed by atoms with Gasteiger partial charge < -0.3 is 25.0 Å². The molecule has 7 heteroatoms. The third-order valence-corrected chi connectivity index (χ3v) is 5.95. The van der Waals surface area contributed by atoms with E-state index < -0.39 is 24.2 Å². The third kappa shape index (κ3) is 15.9. The minimum Gasteiger partial charge on any atom is -0.464 e. The Balaban J connectivity index is 1.88. The summed E-state index contributed by atoms with van der Waals surface area (Å²) in [6.45, 7) is 2.85. The molecule has 0 aromatic heterocycles. The zero-order chi connectivity index (χ0) is 24.2. The molecule has 1 saturated heterocycles. The van der Waals surface area contributed by atoms with Gasteiger partial charge in [-0.15, -0.1) is 0 Å². The second-order valence-corrected chi connectivity index (χ2v) is 9.06. The van der Waals surface area contributed by atoms with Crippen LogP contribution in [0.3, 0.4) is 0 Å². The van der Waals surface area contributed by atoms with Gasteiger partial charge in [0.05, 0.1) is 19.3 Å². The fraction of sp³-hybridized carbons (Fsp3) is 0.846. The number of rotatable bonds is 21. The van der Waals surface area contributed by atoms with Crippen LogP contribution < -0.4 is 5.32 Å². The zero-order valence-corrected chi connectivity index (χ0v) is 20.6. The number of hydrogen-bond donors (Lipinski definition) is 3. The molecule has 1 amide bonds. The number of amides is 1. The molecule has 1 aliphatic heterocycles. The number of esters is 1. The summed E-state index contributed by atoms with van der Waals surface area (Å²) >= 11 is 0. The quantitative estimate of drug-likeness (QED) is 0.132. The molecule has 1 rings (SSSR count). The largest absolute Gasteiger partial charge is 0.464 e. The number of carbonyl (C=O) groups is 2. The van der Waals surface area contributed by atoms with Crippen molar-refractivity contribution in [2.24, 2.45) is 0 Å². The lowest BCUT2D eigenvalue weighted by atomic mass is 10.0. The van der Waals surface area contributed by atoms with Gasteiger partial charge in [-0.1, -0.05) is 64.0 Å². The topological polar surface area (TPSA) is 105 Å². The van der Waals surface area contributed by atoms with Crippen LogP contribution in [-0.2, 0) is 19.1 Å². The Morgan fingerprint density at radius 1 is 0.970 bits per heavy atom. The molecule has 0 aromatic rings. The first-order valence-electron chi connectivity index (χ1n) is 13.1. The van der Waals surface area contributed by atoms with Gasteiger partial charge in [0.25, 0.3) is 0 Å². The van der Waals surface area contributed by atoms with Crippen LogP contribution in [0.2, 0.25) is 0 Å². The molecular formula is C26H47NO6. The number of aliphatic hydroxyl groups excluding tert-OH is 2. The molecule has 0 saturated carbocycles. The maximum absolute atomic E-state index is 11.7. The van der Waals surface area contributed by atoms with Crippen LogP contribution >= 0.6 is 0 Å². The molecule has 33 heavy (non-hydrogen) atoms. The van der Waals surface area contributed by atoms with E-state index in [9.17, 15) is 19.8 Å². The van der Waals surface area contributed by atoms with Gasteiger partial charge in [0, 0.05) is 19.4 Å². The fourth-order valence-electron chi connectivity index (χ4n) is 3.80. The van der Waals surface area contributed by atoms with E-state index in [1.165, 1.54) is 44.9 Å². The summed E-state index contributed by atoms with van der Waals surface area (Å²) in [5.41, 5.74) is 0. The molecule has 0 aromatic carbocycles. The van der Waals surface area contributed by atoms with E-state index in [4.69, 9.17) is 9.47 Å². The molecule has 0 radical (unpaired) electrons. The summed E-state index contributed by atoms with van der Waals surface area (Å²) in [5.74, 6) is -0.534. The highest BCUT2D eigenvalue weighted by atomic mass is 16.5.